The van der Waals surface area contributed by atoms with Crippen molar-refractivity contribution in [3.05, 3.63) is 0 Å². The third kappa shape index (κ3) is 2.94. The van der Waals surface area contributed by atoms with Crippen molar-refractivity contribution < 1.29 is 27.9 Å². The summed E-state index contributed by atoms with van der Waals surface area (Å²) in [6.07, 6.45) is 0.206. The first-order valence-electron chi connectivity index (χ1n) is 4.97. The average molecular weight is 250 g/mol. The monoisotopic (exact) mass is 250 g/mol. The molecule has 1 heterocycles. The fourth-order valence-corrected chi connectivity index (χ4v) is 3.65. The maximum atomic E-state index is 11.4. The number of carbonyl (C=O) groups is 2. The molecule has 1 saturated heterocycles. The summed E-state index contributed by atoms with van der Waals surface area (Å²) in [6.45, 7) is 1.66. The number of sulfone groups is 1. The van der Waals surface area contributed by atoms with E-state index in [2.05, 4.69) is 4.74 Å². The van der Waals surface area contributed by atoms with E-state index in [-0.39, 0.29) is 24.5 Å². The van der Waals surface area contributed by atoms with Crippen LogP contribution in [0.1, 0.15) is 13.3 Å². The lowest BCUT2D eigenvalue weighted by molar-refractivity contribution is -0.160. The van der Waals surface area contributed by atoms with Crippen molar-refractivity contribution in [1.29, 1.82) is 0 Å². The van der Waals surface area contributed by atoms with Gasteiger partial charge in [-0.2, -0.15) is 0 Å². The number of esters is 1. The minimum atomic E-state index is -3.19. The van der Waals surface area contributed by atoms with Gasteiger partial charge in [0.25, 0.3) is 0 Å². The molecule has 2 atom stereocenters. The van der Waals surface area contributed by atoms with Gasteiger partial charge >= 0.3 is 11.9 Å². The second-order valence-corrected chi connectivity index (χ2v) is 5.96. The first-order valence-corrected chi connectivity index (χ1v) is 6.79. The van der Waals surface area contributed by atoms with Gasteiger partial charge in [-0.05, 0) is 19.3 Å². The fraction of sp³-hybridized carbons (Fsp3) is 0.778. The lowest BCUT2D eigenvalue weighted by Crippen LogP contribution is -2.33. The zero-order valence-electron chi connectivity index (χ0n) is 8.88. The number of rotatable bonds is 4. The van der Waals surface area contributed by atoms with Crippen LogP contribution < -0.4 is 0 Å². The molecule has 92 valence electrons. The van der Waals surface area contributed by atoms with Gasteiger partial charge in [-0.15, -0.1) is 0 Å². The normalized spacial score (nSPS) is 24.9. The van der Waals surface area contributed by atoms with Crippen molar-refractivity contribution in [2.45, 2.75) is 13.3 Å². The Morgan fingerprint density at radius 2 is 2.12 bits per heavy atom. The smallest absolute Gasteiger partial charge is 0.320 e. The number of aliphatic carboxylic acids is 1. The second-order valence-electron chi connectivity index (χ2n) is 3.73. The Labute approximate surface area is 93.5 Å². The van der Waals surface area contributed by atoms with E-state index in [4.69, 9.17) is 5.11 Å². The molecule has 1 fully saturated rings. The van der Waals surface area contributed by atoms with E-state index in [0.29, 0.717) is 0 Å². The number of ether oxygens (including phenoxy) is 1. The van der Waals surface area contributed by atoms with E-state index in [1.165, 1.54) is 0 Å². The zero-order valence-corrected chi connectivity index (χ0v) is 9.70. The Morgan fingerprint density at radius 3 is 2.50 bits per heavy atom. The van der Waals surface area contributed by atoms with Crippen LogP contribution in [0.3, 0.4) is 0 Å². The first kappa shape index (κ1) is 13.0. The van der Waals surface area contributed by atoms with Crippen LogP contribution in [0.4, 0.5) is 0 Å². The van der Waals surface area contributed by atoms with Crippen molar-refractivity contribution >= 4 is 21.8 Å². The first-order chi connectivity index (χ1) is 7.37. The summed E-state index contributed by atoms with van der Waals surface area (Å²) < 4.78 is 27.0. The van der Waals surface area contributed by atoms with Gasteiger partial charge in [-0.3, -0.25) is 9.59 Å². The Bertz CT molecular complexity index is 385. The lowest BCUT2D eigenvalue weighted by atomic mass is 9.92. The summed E-state index contributed by atoms with van der Waals surface area (Å²) in [7, 11) is -3.19. The molecule has 0 aliphatic carbocycles. The minimum absolute atomic E-state index is 0.0547. The van der Waals surface area contributed by atoms with Crippen LogP contribution in [-0.2, 0) is 24.2 Å². The highest BCUT2D eigenvalue weighted by Crippen LogP contribution is 2.27. The molecule has 16 heavy (non-hydrogen) atoms. The molecule has 0 aromatic heterocycles. The molecule has 0 amide bonds. The topological polar surface area (TPSA) is 97.7 Å². The molecule has 1 aliphatic rings. The average Bonchev–Trinajstić information content (AvgIpc) is 2.46. The molecule has 7 heteroatoms. The number of hydrogen-bond donors (Lipinski definition) is 1. The van der Waals surface area contributed by atoms with Crippen LogP contribution in [0.5, 0.6) is 0 Å². The predicted octanol–water partition coefficient (Wildman–Crippen LogP) is -0.315. The Hall–Kier alpha value is -1.11. The molecule has 0 bridgehead atoms. The van der Waals surface area contributed by atoms with Crippen LogP contribution in [0, 0.1) is 11.8 Å². The third-order valence-corrected chi connectivity index (χ3v) is 4.34. The van der Waals surface area contributed by atoms with Crippen LogP contribution in [0.2, 0.25) is 0 Å². The molecule has 1 N–H and O–H groups in total. The predicted molar refractivity (Wildman–Crippen MR) is 54.5 cm³/mol. The molecule has 2 unspecified atom stereocenters. The van der Waals surface area contributed by atoms with Gasteiger partial charge in [-0.1, -0.05) is 0 Å². The highest BCUT2D eigenvalue weighted by atomic mass is 32.2. The second kappa shape index (κ2) is 4.82. The van der Waals surface area contributed by atoms with Crippen LogP contribution >= 0.6 is 0 Å². The van der Waals surface area contributed by atoms with Gasteiger partial charge in [-0.25, -0.2) is 8.42 Å². The SMILES string of the molecule is CCOC(=O)C(C(=O)O)C1CCS(=O)(=O)C1. The number of carboxylic acid groups (broad SMARTS) is 1. The van der Waals surface area contributed by atoms with Gasteiger partial charge in [0.05, 0.1) is 18.1 Å². The number of carbonyl (C=O) groups excluding carboxylic acids is 1. The summed E-state index contributed by atoms with van der Waals surface area (Å²) in [6, 6.07) is 0. The molecule has 0 radical (unpaired) electrons. The highest BCUT2D eigenvalue weighted by molar-refractivity contribution is 7.91. The summed E-state index contributed by atoms with van der Waals surface area (Å²) in [5, 5.41) is 8.91. The van der Waals surface area contributed by atoms with Gasteiger partial charge in [0, 0.05) is 0 Å². The molecular weight excluding hydrogens is 236 g/mol. The summed E-state index contributed by atoms with van der Waals surface area (Å²) in [5.74, 6) is -4.50. The fourth-order valence-electron chi connectivity index (χ4n) is 1.81. The van der Waals surface area contributed by atoms with E-state index < -0.39 is 33.6 Å². The lowest BCUT2D eigenvalue weighted by Gasteiger charge is -2.16. The molecule has 6 nitrogen and oxygen atoms in total. The molecule has 0 aromatic rings. The number of hydrogen-bond acceptors (Lipinski definition) is 5. The highest BCUT2D eigenvalue weighted by Gasteiger charge is 2.42. The summed E-state index contributed by atoms with van der Waals surface area (Å²) in [4.78, 5) is 22.3. The molecule has 1 aliphatic heterocycles. The summed E-state index contributed by atoms with van der Waals surface area (Å²) >= 11 is 0. The van der Waals surface area contributed by atoms with Crippen molar-refractivity contribution in [2.24, 2.45) is 11.8 Å². The quantitative estimate of drug-likeness (QED) is 0.542. The number of carboxylic acids is 1. The van der Waals surface area contributed by atoms with Crippen LogP contribution in [-0.4, -0.2) is 43.6 Å². The van der Waals surface area contributed by atoms with Crippen molar-refractivity contribution in [3.8, 4) is 0 Å². The van der Waals surface area contributed by atoms with E-state index >= 15 is 0 Å². The Morgan fingerprint density at radius 1 is 1.50 bits per heavy atom. The molecular formula is C9H14O6S. The minimum Gasteiger partial charge on any atom is -0.481 e. The van der Waals surface area contributed by atoms with E-state index in [1.54, 1.807) is 6.92 Å². The Balaban J connectivity index is 2.80. The van der Waals surface area contributed by atoms with Gasteiger partial charge in [0.2, 0.25) is 0 Å². The largest absolute Gasteiger partial charge is 0.481 e. The van der Waals surface area contributed by atoms with Gasteiger partial charge in [0.1, 0.15) is 0 Å². The summed E-state index contributed by atoms with van der Waals surface area (Å²) in [5.41, 5.74) is 0. The molecule has 0 saturated carbocycles. The maximum Gasteiger partial charge on any atom is 0.320 e. The van der Waals surface area contributed by atoms with Crippen LogP contribution in [0.15, 0.2) is 0 Å². The molecule has 1 rings (SSSR count). The third-order valence-electron chi connectivity index (χ3n) is 2.55. The van der Waals surface area contributed by atoms with E-state index in [1.807, 2.05) is 0 Å². The molecule has 0 aromatic carbocycles. The molecule has 0 spiro atoms. The maximum absolute atomic E-state index is 11.4. The van der Waals surface area contributed by atoms with E-state index in [9.17, 15) is 18.0 Å². The van der Waals surface area contributed by atoms with Gasteiger partial charge < -0.3 is 9.84 Å². The van der Waals surface area contributed by atoms with Gasteiger partial charge in [0.15, 0.2) is 15.8 Å². The zero-order chi connectivity index (χ0) is 12.3. The Kier molecular flexibility index (Phi) is 3.90. The van der Waals surface area contributed by atoms with Crippen molar-refractivity contribution in [2.75, 3.05) is 18.1 Å². The van der Waals surface area contributed by atoms with Crippen molar-refractivity contribution in [3.63, 3.8) is 0 Å². The van der Waals surface area contributed by atoms with E-state index in [0.717, 1.165) is 0 Å². The van der Waals surface area contributed by atoms with Crippen LogP contribution in [0.25, 0.3) is 0 Å². The van der Waals surface area contributed by atoms with Crippen molar-refractivity contribution in [1.82, 2.24) is 0 Å². The standard InChI is InChI=1S/C9H14O6S/c1-2-15-9(12)7(8(10)11)6-3-4-16(13,14)5-6/h6-7H,2-5H2,1H3,(H,10,11).